The topological polar surface area (TPSA) is 85.5 Å². The fraction of sp³-hybridized carbons (Fsp3) is 0.421. The van der Waals surface area contributed by atoms with Gasteiger partial charge < -0.3 is 15.4 Å². The third kappa shape index (κ3) is 4.40. The fourth-order valence-corrected chi connectivity index (χ4v) is 4.10. The second kappa shape index (κ2) is 8.31. The van der Waals surface area contributed by atoms with Gasteiger partial charge in [0.15, 0.2) is 6.61 Å². The Kier molecular flexibility index (Phi) is 5.88. The zero-order valence-corrected chi connectivity index (χ0v) is 15.6. The third-order valence-electron chi connectivity index (χ3n) is 4.47. The van der Waals surface area contributed by atoms with E-state index >= 15 is 0 Å². The number of aryl methyl sites for hydroxylation is 1. The molecule has 0 spiro atoms. The SMILES string of the molecule is CCc1csc(C2CCCN(C(=O)c3ccc(OCC(N)=O)cc3)C2)n1. The van der Waals surface area contributed by atoms with Crippen molar-refractivity contribution >= 4 is 23.2 Å². The summed E-state index contributed by atoms with van der Waals surface area (Å²) in [7, 11) is 0. The molecule has 1 aromatic carbocycles. The van der Waals surface area contributed by atoms with Gasteiger partial charge in [-0.2, -0.15) is 0 Å². The molecule has 7 heteroatoms. The van der Waals surface area contributed by atoms with Crippen LogP contribution in [0.25, 0.3) is 0 Å². The van der Waals surface area contributed by atoms with Crippen LogP contribution in [0, 0.1) is 0 Å². The minimum atomic E-state index is -0.530. The van der Waals surface area contributed by atoms with Gasteiger partial charge in [0, 0.05) is 30.0 Å². The Labute approximate surface area is 157 Å². The Bertz CT molecular complexity index is 773. The van der Waals surface area contributed by atoms with Crippen molar-refractivity contribution in [2.75, 3.05) is 19.7 Å². The standard InChI is InChI=1S/C19H23N3O3S/c1-2-15-12-26-18(21-15)14-4-3-9-22(10-14)19(24)13-5-7-16(8-6-13)25-11-17(20)23/h5-8,12,14H,2-4,9-11H2,1H3,(H2,20,23). The molecule has 1 saturated heterocycles. The highest BCUT2D eigenvalue weighted by molar-refractivity contribution is 7.09. The van der Waals surface area contributed by atoms with Gasteiger partial charge in [-0.05, 0) is 43.5 Å². The van der Waals surface area contributed by atoms with E-state index in [2.05, 4.69) is 12.3 Å². The molecule has 1 atom stereocenters. The zero-order chi connectivity index (χ0) is 18.5. The van der Waals surface area contributed by atoms with Crippen molar-refractivity contribution < 1.29 is 14.3 Å². The molecule has 1 fully saturated rings. The first-order chi connectivity index (χ1) is 12.6. The number of nitrogens with two attached hydrogens (primary N) is 1. The van der Waals surface area contributed by atoms with Crippen molar-refractivity contribution in [3.05, 3.63) is 45.9 Å². The van der Waals surface area contributed by atoms with Crippen molar-refractivity contribution in [2.24, 2.45) is 5.73 Å². The molecule has 0 saturated carbocycles. The first-order valence-corrected chi connectivity index (χ1v) is 9.69. The number of rotatable bonds is 6. The number of benzene rings is 1. The molecule has 0 aliphatic carbocycles. The Morgan fingerprint density at radius 1 is 1.35 bits per heavy atom. The van der Waals surface area contributed by atoms with Gasteiger partial charge in [-0.25, -0.2) is 4.98 Å². The van der Waals surface area contributed by atoms with Crippen LogP contribution in [0.2, 0.25) is 0 Å². The summed E-state index contributed by atoms with van der Waals surface area (Å²) in [6.45, 7) is 3.40. The quantitative estimate of drug-likeness (QED) is 0.843. The van der Waals surface area contributed by atoms with Gasteiger partial charge in [-0.15, -0.1) is 11.3 Å². The molecule has 1 aliphatic heterocycles. The van der Waals surface area contributed by atoms with Crippen LogP contribution in [-0.2, 0) is 11.2 Å². The Morgan fingerprint density at radius 2 is 2.12 bits per heavy atom. The summed E-state index contributed by atoms with van der Waals surface area (Å²) in [6.07, 6.45) is 2.99. The molecule has 1 aromatic heterocycles. The van der Waals surface area contributed by atoms with E-state index in [-0.39, 0.29) is 12.5 Å². The number of carbonyl (C=O) groups is 2. The van der Waals surface area contributed by atoms with Crippen LogP contribution in [0.3, 0.4) is 0 Å². The van der Waals surface area contributed by atoms with Crippen LogP contribution in [0.5, 0.6) is 5.75 Å². The number of thiazole rings is 1. The number of hydrogen-bond donors (Lipinski definition) is 1. The first kappa shape index (κ1) is 18.4. The predicted molar refractivity (Wildman–Crippen MR) is 101 cm³/mol. The number of carbonyl (C=O) groups excluding carboxylic acids is 2. The first-order valence-electron chi connectivity index (χ1n) is 8.81. The molecule has 1 aliphatic rings. The lowest BCUT2D eigenvalue weighted by molar-refractivity contribution is -0.119. The number of likely N-dealkylation sites (tertiary alicyclic amines) is 1. The molecule has 138 valence electrons. The summed E-state index contributed by atoms with van der Waals surface area (Å²) < 4.78 is 5.23. The molecule has 6 nitrogen and oxygen atoms in total. The summed E-state index contributed by atoms with van der Waals surface area (Å²) in [4.78, 5) is 30.2. The Morgan fingerprint density at radius 3 is 2.77 bits per heavy atom. The van der Waals surface area contributed by atoms with Gasteiger partial charge in [0.2, 0.25) is 0 Å². The third-order valence-corrected chi connectivity index (χ3v) is 5.53. The molecule has 26 heavy (non-hydrogen) atoms. The van der Waals surface area contributed by atoms with Crippen LogP contribution in [-0.4, -0.2) is 41.4 Å². The maximum Gasteiger partial charge on any atom is 0.255 e. The van der Waals surface area contributed by atoms with E-state index in [0.717, 1.165) is 36.5 Å². The Balaban J connectivity index is 1.64. The van der Waals surface area contributed by atoms with E-state index in [1.54, 1.807) is 35.6 Å². The number of aromatic nitrogens is 1. The normalized spacial score (nSPS) is 17.1. The van der Waals surface area contributed by atoms with Crippen molar-refractivity contribution in [1.82, 2.24) is 9.88 Å². The molecule has 2 N–H and O–H groups in total. The summed E-state index contributed by atoms with van der Waals surface area (Å²) in [5, 5.41) is 3.25. The monoisotopic (exact) mass is 373 g/mol. The zero-order valence-electron chi connectivity index (χ0n) is 14.8. The van der Waals surface area contributed by atoms with Crippen LogP contribution in [0.1, 0.15) is 46.7 Å². The van der Waals surface area contributed by atoms with Gasteiger partial charge in [-0.1, -0.05) is 6.92 Å². The van der Waals surface area contributed by atoms with Crippen LogP contribution < -0.4 is 10.5 Å². The number of ether oxygens (including phenoxy) is 1. The number of primary amides is 1. The van der Waals surface area contributed by atoms with Gasteiger partial charge in [0.25, 0.3) is 11.8 Å². The lowest BCUT2D eigenvalue weighted by Gasteiger charge is -2.32. The molecule has 0 bridgehead atoms. The smallest absolute Gasteiger partial charge is 0.255 e. The number of nitrogens with zero attached hydrogens (tertiary/aromatic N) is 2. The molecule has 2 aromatic rings. The van der Waals surface area contributed by atoms with Crippen LogP contribution in [0.15, 0.2) is 29.6 Å². The molecular formula is C19H23N3O3S. The lowest BCUT2D eigenvalue weighted by atomic mass is 9.98. The van der Waals surface area contributed by atoms with Crippen molar-refractivity contribution in [2.45, 2.75) is 32.1 Å². The minimum Gasteiger partial charge on any atom is -0.484 e. The second-order valence-electron chi connectivity index (χ2n) is 6.40. The van der Waals surface area contributed by atoms with Crippen LogP contribution in [0.4, 0.5) is 0 Å². The number of hydrogen-bond acceptors (Lipinski definition) is 5. The van der Waals surface area contributed by atoms with Gasteiger partial charge in [0.05, 0.1) is 10.7 Å². The number of amides is 2. The van der Waals surface area contributed by atoms with Gasteiger partial charge in [-0.3, -0.25) is 9.59 Å². The Hall–Kier alpha value is -2.41. The highest BCUT2D eigenvalue weighted by atomic mass is 32.1. The van der Waals surface area contributed by atoms with E-state index in [4.69, 9.17) is 15.5 Å². The molecule has 3 rings (SSSR count). The van der Waals surface area contributed by atoms with E-state index in [1.165, 1.54) is 0 Å². The largest absolute Gasteiger partial charge is 0.484 e. The highest BCUT2D eigenvalue weighted by Gasteiger charge is 2.27. The van der Waals surface area contributed by atoms with E-state index in [1.807, 2.05) is 4.90 Å². The van der Waals surface area contributed by atoms with Crippen molar-refractivity contribution in [3.63, 3.8) is 0 Å². The van der Waals surface area contributed by atoms with Crippen molar-refractivity contribution in [3.8, 4) is 5.75 Å². The van der Waals surface area contributed by atoms with Crippen LogP contribution >= 0.6 is 11.3 Å². The van der Waals surface area contributed by atoms with E-state index < -0.39 is 5.91 Å². The predicted octanol–water partition coefficient (Wildman–Crippen LogP) is 2.59. The van der Waals surface area contributed by atoms with E-state index in [0.29, 0.717) is 23.8 Å². The minimum absolute atomic E-state index is 0.0171. The average molecular weight is 373 g/mol. The second-order valence-corrected chi connectivity index (χ2v) is 7.29. The summed E-state index contributed by atoms with van der Waals surface area (Å²) in [5.41, 5.74) is 6.80. The molecule has 2 heterocycles. The summed E-state index contributed by atoms with van der Waals surface area (Å²) >= 11 is 1.70. The highest BCUT2D eigenvalue weighted by Crippen LogP contribution is 2.30. The van der Waals surface area contributed by atoms with Gasteiger partial charge >= 0.3 is 0 Å². The van der Waals surface area contributed by atoms with E-state index in [9.17, 15) is 9.59 Å². The van der Waals surface area contributed by atoms with Crippen molar-refractivity contribution in [1.29, 1.82) is 0 Å². The lowest BCUT2D eigenvalue weighted by Crippen LogP contribution is -2.39. The number of piperidine rings is 1. The molecule has 0 radical (unpaired) electrons. The fourth-order valence-electron chi connectivity index (χ4n) is 3.07. The summed E-state index contributed by atoms with van der Waals surface area (Å²) in [6, 6.07) is 6.82. The maximum atomic E-state index is 12.8. The molecule has 2 amide bonds. The molecular weight excluding hydrogens is 350 g/mol. The summed E-state index contributed by atoms with van der Waals surface area (Å²) in [5.74, 6) is 0.323. The average Bonchev–Trinajstić information content (AvgIpc) is 3.15. The maximum absolute atomic E-state index is 12.8. The van der Waals surface area contributed by atoms with Gasteiger partial charge in [0.1, 0.15) is 5.75 Å². The molecule has 1 unspecified atom stereocenters.